The molecular formula is C16H32BrNO. The third kappa shape index (κ3) is 12.7. The normalized spacial score (nSPS) is 10.7. The van der Waals surface area contributed by atoms with E-state index in [1.54, 1.807) is 0 Å². The summed E-state index contributed by atoms with van der Waals surface area (Å²) in [5.41, 5.74) is 0. The molecule has 0 aromatic heterocycles. The number of rotatable bonds is 13. The summed E-state index contributed by atoms with van der Waals surface area (Å²) in [6.45, 7) is 3.08. The number of nitrogens with zero attached hydrogens (tertiary/aromatic N) is 1. The van der Waals surface area contributed by atoms with Crippen LogP contribution in [0, 0.1) is 0 Å². The summed E-state index contributed by atoms with van der Waals surface area (Å²) < 4.78 is 0. The first-order valence-electron chi connectivity index (χ1n) is 8.02. The predicted molar refractivity (Wildman–Crippen MR) is 87.9 cm³/mol. The zero-order valence-corrected chi connectivity index (χ0v) is 14.5. The largest absolute Gasteiger partial charge is 0.346 e. The second-order valence-corrected chi connectivity index (χ2v) is 6.23. The second-order valence-electron chi connectivity index (χ2n) is 5.44. The third-order valence-corrected chi connectivity index (χ3v) is 4.11. The van der Waals surface area contributed by atoms with Crippen LogP contribution in [0.15, 0.2) is 0 Å². The van der Waals surface area contributed by atoms with Gasteiger partial charge in [-0.15, -0.1) is 0 Å². The molecule has 0 saturated heterocycles. The molecule has 0 aromatic carbocycles. The van der Waals surface area contributed by atoms with E-state index in [1.807, 2.05) is 11.9 Å². The highest BCUT2D eigenvalue weighted by Gasteiger charge is 2.06. The Balaban J connectivity index is 3.27. The van der Waals surface area contributed by atoms with Crippen molar-refractivity contribution < 1.29 is 4.79 Å². The van der Waals surface area contributed by atoms with Gasteiger partial charge >= 0.3 is 0 Å². The molecule has 0 aliphatic rings. The average molecular weight is 334 g/mol. The van der Waals surface area contributed by atoms with Crippen LogP contribution in [0.25, 0.3) is 0 Å². The minimum Gasteiger partial charge on any atom is -0.346 e. The Hall–Kier alpha value is -0.0500. The van der Waals surface area contributed by atoms with Gasteiger partial charge in [0.2, 0.25) is 5.91 Å². The van der Waals surface area contributed by atoms with Gasteiger partial charge in [0, 0.05) is 25.3 Å². The maximum absolute atomic E-state index is 11.8. The van der Waals surface area contributed by atoms with Gasteiger partial charge in [0.25, 0.3) is 0 Å². The summed E-state index contributed by atoms with van der Waals surface area (Å²) >= 11 is 3.46. The summed E-state index contributed by atoms with van der Waals surface area (Å²) in [5, 5.41) is 1.14. The maximum Gasteiger partial charge on any atom is 0.222 e. The zero-order chi connectivity index (χ0) is 14.3. The molecule has 0 N–H and O–H groups in total. The van der Waals surface area contributed by atoms with Gasteiger partial charge in [-0.3, -0.25) is 4.79 Å². The summed E-state index contributed by atoms with van der Waals surface area (Å²) in [7, 11) is 1.93. The highest BCUT2D eigenvalue weighted by atomic mass is 79.9. The van der Waals surface area contributed by atoms with E-state index < -0.39 is 0 Å². The molecule has 0 rings (SSSR count). The van der Waals surface area contributed by atoms with Gasteiger partial charge in [0.1, 0.15) is 0 Å². The number of carbonyl (C=O) groups is 1. The van der Waals surface area contributed by atoms with Gasteiger partial charge < -0.3 is 4.90 Å². The van der Waals surface area contributed by atoms with Crippen LogP contribution in [-0.4, -0.2) is 29.7 Å². The lowest BCUT2D eigenvalue weighted by Gasteiger charge is -2.16. The van der Waals surface area contributed by atoms with Gasteiger partial charge in [-0.1, -0.05) is 67.8 Å². The highest BCUT2D eigenvalue weighted by molar-refractivity contribution is 9.09. The minimum absolute atomic E-state index is 0.325. The van der Waals surface area contributed by atoms with Crippen LogP contribution in [-0.2, 0) is 4.79 Å². The molecule has 19 heavy (non-hydrogen) atoms. The third-order valence-electron chi connectivity index (χ3n) is 3.55. The summed E-state index contributed by atoms with van der Waals surface area (Å²) in [4.78, 5) is 13.7. The standard InChI is InChI=1S/C16H32BrNO/c1-3-4-15-18(2)16(19)13-11-9-7-5-6-8-10-12-14-17/h3-15H2,1-2H3. The van der Waals surface area contributed by atoms with Crippen molar-refractivity contribution in [1.82, 2.24) is 4.90 Å². The average Bonchev–Trinajstić information content (AvgIpc) is 2.42. The number of alkyl halides is 1. The Morgan fingerprint density at radius 1 is 0.895 bits per heavy atom. The number of hydrogen-bond acceptors (Lipinski definition) is 1. The number of unbranched alkanes of at least 4 members (excludes halogenated alkanes) is 8. The van der Waals surface area contributed by atoms with Crippen LogP contribution < -0.4 is 0 Å². The molecular weight excluding hydrogens is 302 g/mol. The number of carbonyl (C=O) groups excluding carboxylic acids is 1. The van der Waals surface area contributed by atoms with Crippen molar-refractivity contribution in [2.24, 2.45) is 0 Å². The number of halogens is 1. The van der Waals surface area contributed by atoms with Gasteiger partial charge in [-0.25, -0.2) is 0 Å². The van der Waals surface area contributed by atoms with E-state index in [1.165, 1.54) is 44.9 Å². The van der Waals surface area contributed by atoms with Gasteiger partial charge in [0.05, 0.1) is 0 Å². The van der Waals surface area contributed by atoms with Crippen molar-refractivity contribution >= 4 is 21.8 Å². The first kappa shape index (κ1) is 18.9. The van der Waals surface area contributed by atoms with E-state index >= 15 is 0 Å². The molecule has 0 aromatic rings. The molecule has 1 amide bonds. The molecule has 0 bridgehead atoms. The van der Waals surface area contributed by atoms with E-state index in [0.29, 0.717) is 5.91 Å². The summed E-state index contributed by atoms with van der Waals surface area (Å²) in [5.74, 6) is 0.325. The van der Waals surface area contributed by atoms with E-state index in [-0.39, 0.29) is 0 Å². The SMILES string of the molecule is CCCCN(C)C(=O)CCCCCCCCCCBr. The molecule has 0 radical (unpaired) electrons. The quantitative estimate of drug-likeness (QED) is 0.337. The molecule has 0 saturated carbocycles. The molecule has 0 aliphatic heterocycles. The van der Waals surface area contributed by atoms with Crippen molar-refractivity contribution in [3.05, 3.63) is 0 Å². The van der Waals surface area contributed by atoms with Gasteiger partial charge in [-0.05, 0) is 19.3 Å². The maximum atomic E-state index is 11.8. The van der Waals surface area contributed by atoms with Crippen LogP contribution in [0.2, 0.25) is 0 Å². The van der Waals surface area contributed by atoms with Crippen molar-refractivity contribution in [2.45, 2.75) is 77.6 Å². The molecule has 0 heterocycles. The Labute approximate surface area is 128 Å². The van der Waals surface area contributed by atoms with E-state index in [2.05, 4.69) is 22.9 Å². The van der Waals surface area contributed by atoms with Crippen LogP contribution in [0.5, 0.6) is 0 Å². The van der Waals surface area contributed by atoms with Crippen LogP contribution in [0.3, 0.4) is 0 Å². The summed E-state index contributed by atoms with van der Waals surface area (Å²) in [6.07, 6.45) is 13.3. The monoisotopic (exact) mass is 333 g/mol. The molecule has 0 atom stereocenters. The van der Waals surface area contributed by atoms with E-state index in [4.69, 9.17) is 0 Å². The molecule has 114 valence electrons. The molecule has 0 spiro atoms. The fourth-order valence-corrected chi connectivity index (χ4v) is 2.54. The molecule has 2 nitrogen and oxygen atoms in total. The minimum atomic E-state index is 0.325. The Morgan fingerprint density at radius 2 is 1.42 bits per heavy atom. The van der Waals surface area contributed by atoms with Crippen molar-refractivity contribution in [3.8, 4) is 0 Å². The first-order valence-corrected chi connectivity index (χ1v) is 9.14. The van der Waals surface area contributed by atoms with Gasteiger partial charge in [-0.2, -0.15) is 0 Å². The Morgan fingerprint density at radius 3 is 1.95 bits per heavy atom. The van der Waals surface area contributed by atoms with Crippen molar-refractivity contribution in [1.29, 1.82) is 0 Å². The van der Waals surface area contributed by atoms with Crippen LogP contribution in [0.1, 0.15) is 77.6 Å². The van der Waals surface area contributed by atoms with Crippen molar-refractivity contribution in [2.75, 3.05) is 18.9 Å². The van der Waals surface area contributed by atoms with Crippen LogP contribution >= 0.6 is 15.9 Å². The molecule has 3 heteroatoms. The topological polar surface area (TPSA) is 20.3 Å². The van der Waals surface area contributed by atoms with E-state index in [0.717, 1.165) is 37.6 Å². The van der Waals surface area contributed by atoms with Crippen molar-refractivity contribution in [3.63, 3.8) is 0 Å². The fourth-order valence-electron chi connectivity index (χ4n) is 2.14. The van der Waals surface area contributed by atoms with E-state index in [9.17, 15) is 4.79 Å². The van der Waals surface area contributed by atoms with Crippen LogP contribution in [0.4, 0.5) is 0 Å². The Kier molecular flexibility index (Phi) is 14.3. The second kappa shape index (κ2) is 14.4. The lowest BCUT2D eigenvalue weighted by molar-refractivity contribution is -0.130. The highest BCUT2D eigenvalue weighted by Crippen LogP contribution is 2.11. The molecule has 0 aliphatic carbocycles. The number of amides is 1. The van der Waals surface area contributed by atoms with Gasteiger partial charge in [0.15, 0.2) is 0 Å². The zero-order valence-electron chi connectivity index (χ0n) is 12.9. The molecule has 0 unspecified atom stereocenters. The predicted octanol–water partition coefficient (Wildman–Crippen LogP) is 5.15. The smallest absolute Gasteiger partial charge is 0.222 e. The lowest BCUT2D eigenvalue weighted by Crippen LogP contribution is -2.27. The fraction of sp³-hybridized carbons (Fsp3) is 0.938. The first-order chi connectivity index (χ1) is 9.22. The number of hydrogen-bond donors (Lipinski definition) is 0. The lowest BCUT2D eigenvalue weighted by atomic mass is 10.1. The molecule has 0 fully saturated rings. The Bertz CT molecular complexity index is 209. The summed E-state index contributed by atoms with van der Waals surface area (Å²) in [6, 6.07) is 0.